The minimum absolute atomic E-state index is 0.652. The van der Waals surface area contributed by atoms with E-state index in [9.17, 15) is 0 Å². The van der Waals surface area contributed by atoms with Gasteiger partial charge in [0.15, 0.2) is 0 Å². The van der Waals surface area contributed by atoms with Gasteiger partial charge in [-0.1, -0.05) is 34.1 Å². The van der Waals surface area contributed by atoms with Crippen molar-refractivity contribution in [2.24, 2.45) is 29.6 Å². The van der Waals surface area contributed by atoms with E-state index in [2.05, 4.69) is 52.6 Å². The second-order valence-corrected chi connectivity index (χ2v) is 8.55. The van der Waals surface area contributed by atoms with Crippen molar-refractivity contribution in [3.8, 4) is 0 Å². The summed E-state index contributed by atoms with van der Waals surface area (Å²) in [4.78, 5) is 0. The summed E-state index contributed by atoms with van der Waals surface area (Å²) < 4.78 is 1.27. The molecule has 1 atom stereocenters. The van der Waals surface area contributed by atoms with E-state index in [0.29, 0.717) is 6.04 Å². The summed E-state index contributed by atoms with van der Waals surface area (Å²) in [5.74, 6) is 5.06. The van der Waals surface area contributed by atoms with Gasteiger partial charge in [0, 0.05) is 10.5 Å². The predicted octanol–water partition coefficient (Wildman–Crippen LogP) is 4.65. The van der Waals surface area contributed by atoms with Gasteiger partial charge in [0.25, 0.3) is 0 Å². The van der Waals surface area contributed by atoms with Crippen LogP contribution in [0.25, 0.3) is 0 Å². The Balaban J connectivity index is 1.55. The highest BCUT2D eigenvalue weighted by molar-refractivity contribution is 9.10. The SMILES string of the molecule is CNC(Cc1ccccc1Br)C1C2CC3CC(C2)CC1C3. The molecule has 0 saturated heterocycles. The average Bonchev–Trinajstić information content (AvgIpc) is 2.47. The topological polar surface area (TPSA) is 12.0 Å². The maximum atomic E-state index is 3.73. The van der Waals surface area contributed by atoms with Gasteiger partial charge in [-0.15, -0.1) is 0 Å². The molecular weight excluding hydrogens is 322 g/mol. The van der Waals surface area contributed by atoms with Crippen molar-refractivity contribution in [2.75, 3.05) is 7.05 Å². The van der Waals surface area contributed by atoms with Crippen molar-refractivity contribution in [3.05, 3.63) is 34.3 Å². The van der Waals surface area contributed by atoms with Crippen LogP contribution in [0.15, 0.2) is 28.7 Å². The van der Waals surface area contributed by atoms with E-state index in [1.807, 2.05) is 0 Å². The molecule has 1 nitrogen and oxygen atoms in total. The molecule has 4 aliphatic carbocycles. The van der Waals surface area contributed by atoms with Gasteiger partial charge < -0.3 is 5.32 Å². The standard InChI is InChI=1S/C19H26BrN/c1-21-18(11-14-4-2-3-5-17(14)20)19-15-7-12-6-13(9-15)10-16(19)8-12/h2-5,12-13,15-16,18-19,21H,6-11H2,1H3. The first-order chi connectivity index (χ1) is 10.2. The van der Waals surface area contributed by atoms with Gasteiger partial charge in [-0.2, -0.15) is 0 Å². The lowest BCUT2D eigenvalue weighted by Crippen LogP contribution is -2.53. The van der Waals surface area contributed by atoms with E-state index < -0.39 is 0 Å². The highest BCUT2D eigenvalue weighted by Crippen LogP contribution is 2.57. The molecule has 5 rings (SSSR count). The van der Waals surface area contributed by atoms with Crippen LogP contribution in [0.3, 0.4) is 0 Å². The van der Waals surface area contributed by atoms with Crippen LogP contribution < -0.4 is 5.32 Å². The van der Waals surface area contributed by atoms with Gasteiger partial charge in [-0.25, -0.2) is 0 Å². The number of hydrogen-bond acceptors (Lipinski definition) is 1. The third-order valence-electron chi connectivity index (χ3n) is 6.53. The Labute approximate surface area is 137 Å². The van der Waals surface area contributed by atoms with Gasteiger partial charge in [0.05, 0.1) is 0 Å². The smallest absolute Gasteiger partial charge is 0.0207 e. The third kappa shape index (κ3) is 2.59. The molecular formula is C19H26BrN. The number of hydrogen-bond donors (Lipinski definition) is 1. The molecule has 4 saturated carbocycles. The summed E-state index contributed by atoms with van der Waals surface area (Å²) in [6, 6.07) is 9.40. The lowest BCUT2D eigenvalue weighted by atomic mass is 9.50. The van der Waals surface area contributed by atoms with E-state index in [1.54, 1.807) is 6.42 Å². The van der Waals surface area contributed by atoms with Crippen molar-refractivity contribution in [3.63, 3.8) is 0 Å². The number of halogens is 1. The largest absolute Gasteiger partial charge is 0.316 e. The van der Waals surface area contributed by atoms with E-state index in [-0.39, 0.29) is 0 Å². The van der Waals surface area contributed by atoms with Crippen molar-refractivity contribution in [2.45, 2.75) is 44.6 Å². The molecule has 0 aromatic heterocycles. The summed E-state index contributed by atoms with van der Waals surface area (Å²) in [7, 11) is 2.17. The first-order valence-electron chi connectivity index (χ1n) is 8.65. The lowest BCUT2D eigenvalue weighted by Gasteiger charge is -2.56. The van der Waals surface area contributed by atoms with Crippen LogP contribution in [0, 0.1) is 29.6 Å². The normalized spacial score (nSPS) is 38.7. The molecule has 0 amide bonds. The van der Waals surface area contributed by atoms with Gasteiger partial charge in [0.1, 0.15) is 0 Å². The van der Waals surface area contributed by atoms with Crippen LogP contribution >= 0.6 is 15.9 Å². The fourth-order valence-electron chi connectivity index (χ4n) is 5.96. The molecule has 4 fully saturated rings. The van der Waals surface area contributed by atoms with Crippen LogP contribution in [-0.2, 0) is 6.42 Å². The molecule has 1 aromatic carbocycles. The Bertz CT molecular complexity index is 484. The molecule has 4 aliphatic rings. The van der Waals surface area contributed by atoms with Crippen LogP contribution in [0.4, 0.5) is 0 Å². The van der Waals surface area contributed by atoms with Crippen molar-refractivity contribution >= 4 is 15.9 Å². The van der Waals surface area contributed by atoms with Crippen molar-refractivity contribution in [1.82, 2.24) is 5.32 Å². The zero-order chi connectivity index (χ0) is 14.4. The minimum atomic E-state index is 0.652. The van der Waals surface area contributed by atoms with E-state index in [0.717, 1.165) is 29.6 Å². The zero-order valence-electron chi connectivity index (χ0n) is 12.9. The van der Waals surface area contributed by atoms with Gasteiger partial charge >= 0.3 is 0 Å². The first kappa shape index (κ1) is 14.3. The third-order valence-corrected chi connectivity index (χ3v) is 7.31. The monoisotopic (exact) mass is 347 g/mol. The Morgan fingerprint density at radius 2 is 1.67 bits per heavy atom. The summed E-state index contributed by atoms with van der Waals surface area (Å²) in [6.07, 6.45) is 8.80. The number of nitrogens with one attached hydrogen (secondary N) is 1. The van der Waals surface area contributed by atoms with Crippen LogP contribution in [-0.4, -0.2) is 13.1 Å². The molecule has 4 bridgehead atoms. The molecule has 1 unspecified atom stereocenters. The van der Waals surface area contributed by atoms with Crippen LogP contribution in [0.1, 0.15) is 37.7 Å². The Morgan fingerprint density at radius 3 is 2.24 bits per heavy atom. The number of benzene rings is 1. The molecule has 0 spiro atoms. The highest BCUT2D eigenvalue weighted by Gasteiger charge is 2.50. The quantitative estimate of drug-likeness (QED) is 0.835. The molecule has 1 aromatic rings. The average molecular weight is 348 g/mol. The Hall–Kier alpha value is -0.340. The summed E-state index contributed by atoms with van der Waals surface area (Å²) >= 11 is 3.73. The Morgan fingerprint density at radius 1 is 1.05 bits per heavy atom. The molecule has 21 heavy (non-hydrogen) atoms. The first-order valence-corrected chi connectivity index (χ1v) is 9.44. The molecule has 0 heterocycles. The van der Waals surface area contributed by atoms with Crippen LogP contribution in [0.2, 0.25) is 0 Å². The summed E-state index contributed by atoms with van der Waals surface area (Å²) in [6.45, 7) is 0. The number of rotatable bonds is 4. The molecule has 114 valence electrons. The highest BCUT2D eigenvalue weighted by atomic mass is 79.9. The molecule has 0 radical (unpaired) electrons. The van der Waals surface area contributed by atoms with Gasteiger partial charge in [0.2, 0.25) is 0 Å². The van der Waals surface area contributed by atoms with Crippen LogP contribution in [0.5, 0.6) is 0 Å². The maximum absolute atomic E-state index is 3.73. The second kappa shape index (κ2) is 5.70. The van der Waals surface area contributed by atoms with Crippen molar-refractivity contribution in [1.29, 1.82) is 0 Å². The number of likely N-dealkylation sites (N-methyl/N-ethyl adjacent to an activating group) is 1. The summed E-state index contributed by atoms with van der Waals surface area (Å²) in [5, 5.41) is 3.68. The fraction of sp³-hybridized carbons (Fsp3) is 0.684. The van der Waals surface area contributed by atoms with E-state index in [4.69, 9.17) is 0 Å². The zero-order valence-corrected chi connectivity index (χ0v) is 14.5. The fourth-order valence-corrected chi connectivity index (χ4v) is 6.40. The van der Waals surface area contributed by atoms with Gasteiger partial charge in [-0.3, -0.25) is 0 Å². The molecule has 2 heteroatoms. The second-order valence-electron chi connectivity index (χ2n) is 7.70. The minimum Gasteiger partial charge on any atom is -0.316 e. The Kier molecular flexibility index (Phi) is 3.87. The predicted molar refractivity (Wildman–Crippen MR) is 91.2 cm³/mol. The van der Waals surface area contributed by atoms with Gasteiger partial charge in [-0.05, 0) is 86.8 Å². The molecule has 0 aliphatic heterocycles. The van der Waals surface area contributed by atoms with E-state index >= 15 is 0 Å². The van der Waals surface area contributed by atoms with Crippen molar-refractivity contribution < 1.29 is 0 Å². The van der Waals surface area contributed by atoms with E-state index in [1.165, 1.54) is 42.1 Å². The summed E-state index contributed by atoms with van der Waals surface area (Å²) in [5.41, 5.74) is 1.46. The lowest BCUT2D eigenvalue weighted by molar-refractivity contribution is -0.0507. The maximum Gasteiger partial charge on any atom is 0.0207 e. The molecule has 1 N–H and O–H groups in total.